The molecular weight excluding hydrogens is 220 g/mol. The van der Waals surface area contributed by atoms with Crippen molar-refractivity contribution in [2.45, 2.75) is 38.8 Å². The van der Waals surface area contributed by atoms with Gasteiger partial charge in [-0.25, -0.2) is 8.78 Å². The number of terminal acetylenes is 1. The van der Waals surface area contributed by atoms with Gasteiger partial charge in [0, 0.05) is 24.6 Å². The molecule has 0 aromatic heterocycles. The van der Waals surface area contributed by atoms with E-state index in [-0.39, 0.29) is 11.6 Å². The van der Waals surface area contributed by atoms with Crippen LogP contribution in [-0.4, -0.2) is 6.04 Å². The molecule has 1 N–H and O–H groups in total. The van der Waals surface area contributed by atoms with E-state index < -0.39 is 6.43 Å². The molecule has 0 saturated heterocycles. The summed E-state index contributed by atoms with van der Waals surface area (Å²) in [6, 6.07) is 6.70. The van der Waals surface area contributed by atoms with Crippen molar-refractivity contribution in [3.8, 4) is 12.3 Å². The first-order valence-corrected chi connectivity index (χ1v) is 5.71. The van der Waals surface area contributed by atoms with Gasteiger partial charge in [-0.1, -0.05) is 25.1 Å². The van der Waals surface area contributed by atoms with E-state index in [1.165, 1.54) is 12.1 Å². The van der Waals surface area contributed by atoms with Gasteiger partial charge in [0.05, 0.1) is 0 Å². The molecule has 0 bridgehead atoms. The van der Waals surface area contributed by atoms with Crippen LogP contribution < -0.4 is 5.32 Å². The molecule has 0 saturated carbocycles. The van der Waals surface area contributed by atoms with Crippen molar-refractivity contribution in [1.29, 1.82) is 0 Å². The van der Waals surface area contributed by atoms with E-state index in [9.17, 15) is 8.78 Å². The summed E-state index contributed by atoms with van der Waals surface area (Å²) in [7, 11) is 0. The summed E-state index contributed by atoms with van der Waals surface area (Å²) < 4.78 is 25.0. The molecule has 0 radical (unpaired) electrons. The van der Waals surface area contributed by atoms with E-state index in [0.717, 1.165) is 12.0 Å². The van der Waals surface area contributed by atoms with E-state index in [1.807, 2.05) is 13.0 Å². The topological polar surface area (TPSA) is 12.0 Å². The Morgan fingerprint density at radius 3 is 2.76 bits per heavy atom. The van der Waals surface area contributed by atoms with Gasteiger partial charge < -0.3 is 5.32 Å². The standard InChI is InChI=1S/C14H17F2N/c1-3-6-13(4-2)17-10-11-7-5-8-12(9-11)14(15)16/h1,5,7-9,13-14,17H,4,6,10H2,2H3. The highest BCUT2D eigenvalue weighted by molar-refractivity contribution is 5.24. The number of nitrogens with one attached hydrogen (secondary N) is 1. The number of alkyl halides is 2. The monoisotopic (exact) mass is 237 g/mol. The maximum Gasteiger partial charge on any atom is 0.263 e. The van der Waals surface area contributed by atoms with Crippen LogP contribution in [0.15, 0.2) is 24.3 Å². The average Bonchev–Trinajstić information content (AvgIpc) is 2.34. The van der Waals surface area contributed by atoms with Crippen molar-refractivity contribution in [3.63, 3.8) is 0 Å². The highest BCUT2D eigenvalue weighted by atomic mass is 19.3. The second kappa shape index (κ2) is 7.03. The summed E-state index contributed by atoms with van der Waals surface area (Å²) >= 11 is 0. The molecule has 0 fully saturated rings. The average molecular weight is 237 g/mol. The van der Waals surface area contributed by atoms with Gasteiger partial charge in [0.1, 0.15) is 0 Å². The second-order valence-electron chi connectivity index (χ2n) is 3.94. The van der Waals surface area contributed by atoms with E-state index in [2.05, 4.69) is 11.2 Å². The van der Waals surface area contributed by atoms with E-state index >= 15 is 0 Å². The van der Waals surface area contributed by atoms with E-state index in [0.29, 0.717) is 13.0 Å². The summed E-state index contributed by atoms with van der Waals surface area (Å²) in [5, 5.41) is 3.27. The predicted octanol–water partition coefficient (Wildman–Crippen LogP) is 3.52. The van der Waals surface area contributed by atoms with Gasteiger partial charge in [-0.2, -0.15) is 0 Å². The molecule has 0 heterocycles. The number of benzene rings is 1. The van der Waals surface area contributed by atoms with Crippen LogP contribution in [-0.2, 0) is 6.54 Å². The Balaban J connectivity index is 2.57. The van der Waals surface area contributed by atoms with Gasteiger partial charge in [-0.15, -0.1) is 12.3 Å². The van der Waals surface area contributed by atoms with Crippen LogP contribution in [0.5, 0.6) is 0 Å². The lowest BCUT2D eigenvalue weighted by Crippen LogP contribution is -2.27. The van der Waals surface area contributed by atoms with Gasteiger partial charge in [0.2, 0.25) is 0 Å². The zero-order valence-electron chi connectivity index (χ0n) is 9.92. The molecule has 17 heavy (non-hydrogen) atoms. The second-order valence-corrected chi connectivity index (χ2v) is 3.94. The Kier molecular flexibility index (Phi) is 5.65. The molecule has 1 unspecified atom stereocenters. The van der Waals surface area contributed by atoms with Crippen LogP contribution in [0, 0.1) is 12.3 Å². The lowest BCUT2D eigenvalue weighted by atomic mass is 10.1. The molecule has 0 aliphatic carbocycles. The minimum atomic E-state index is -2.41. The minimum Gasteiger partial charge on any atom is -0.309 e. The van der Waals surface area contributed by atoms with Gasteiger partial charge in [-0.3, -0.25) is 0 Å². The zero-order valence-corrected chi connectivity index (χ0v) is 9.92. The lowest BCUT2D eigenvalue weighted by Gasteiger charge is -2.14. The van der Waals surface area contributed by atoms with E-state index in [1.54, 1.807) is 6.07 Å². The molecule has 0 aliphatic heterocycles. The van der Waals surface area contributed by atoms with Crippen LogP contribution >= 0.6 is 0 Å². The molecule has 1 aromatic carbocycles. The maximum absolute atomic E-state index is 12.5. The predicted molar refractivity (Wildman–Crippen MR) is 65.8 cm³/mol. The summed E-state index contributed by atoms with van der Waals surface area (Å²) in [6.45, 7) is 2.62. The molecule has 0 spiro atoms. The Hall–Kier alpha value is -1.40. The fourth-order valence-electron chi connectivity index (χ4n) is 1.60. The smallest absolute Gasteiger partial charge is 0.263 e. The van der Waals surface area contributed by atoms with Crippen molar-refractivity contribution < 1.29 is 8.78 Å². The zero-order chi connectivity index (χ0) is 12.7. The van der Waals surface area contributed by atoms with Gasteiger partial charge in [-0.05, 0) is 18.1 Å². The lowest BCUT2D eigenvalue weighted by molar-refractivity contribution is 0.151. The van der Waals surface area contributed by atoms with Crippen molar-refractivity contribution >= 4 is 0 Å². The van der Waals surface area contributed by atoms with Gasteiger partial charge in [0.25, 0.3) is 6.43 Å². The van der Waals surface area contributed by atoms with E-state index in [4.69, 9.17) is 6.42 Å². The third-order valence-corrected chi connectivity index (χ3v) is 2.65. The number of halogens is 2. The molecule has 1 nitrogen and oxygen atoms in total. The maximum atomic E-state index is 12.5. The largest absolute Gasteiger partial charge is 0.309 e. The number of hydrogen-bond acceptors (Lipinski definition) is 1. The fourth-order valence-corrected chi connectivity index (χ4v) is 1.60. The highest BCUT2D eigenvalue weighted by Crippen LogP contribution is 2.19. The van der Waals surface area contributed by atoms with Crippen molar-refractivity contribution in [2.75, 3.05) is 0 Å². The third kappa shape index (κ3) is 4.54. The van der Waals surface area contributed by atoms with Gasteiger partial charge >= 0.3 is 0 Å². The third-order valence-electron chi connectivity index (χ3n) is 2.65. The Bertz CT molecular complexity index is 382. The molecule has 92 valence electrons. The molecule has 0 amide bonds. The quantitative estimate of drug-likeness (QED) is 0.746. The van der Waals surface area contributed by atoms with Crippen molar-refractivity contribution in [1.82, 2.24) is 5.32 Å². The first-order chi connectivity index (χ1) is 8.17. The van der Waals surface area contributed by atoms with Crippen molar-refractivity contribution in [2.24, 2.45) is 0 Å². The summed E-state index contributed by atoms with van der Waals surface area (Å²) in [6.07, 6.45) is 4.42. The Morgan fingerprint density at radius 2 is 2.18 bits per heavy atom. The normalized spacial score (nSPS) is 12.4. The molecule has 3 heteroatoms. The van der Waals surface area contributed by atoms with Crippen LogP contribution in [0.3, 0.4) is 0 Å². The van der Waals surface area contributed by atoms with Gasteiger partial charge in [0.15, 0.2) is 0 Å². The summed E-state index contributed by atoms with van der Waals surface area (Å²) in [5.74, 6) is 2.60. The van der Waals surface area contributed by atoms with Crippen LogP contribution in [0.4, 0.5) is 8.78 Å². The molecule has 1 atom stereocenters. The fraction of sp³-hybridized carbons (Fsp3) is 0.429. The van der Waals surface area contributed by atoms with Crippen molar-refractivity contribution in [3.05, 3.63) is 35.4 Å². The Labute approximate surface area is 101 Å². The first-order valence-electron chi connectivity index (χ1n) is 5.71. The highest BCUT2D eigenvalue weighted by Gasteiger charge is 2.08. The number of hydrogen-bond donors (Lipinski definition) is 1. The minimum absolute atomic E-state index is 0.0642. The molecule has 1 rings (SSSR count). The molecule has 0 aliphatic rings. The SMILES string of the molecule is C#CCC(CC)NCc1cccc(C(F)F)c1. The molecular formula is C14H17F2N. The Morgan fingerprint density at radius 1 is 1.41 bits per heavy atom. The first kappa shape index (κ1) is 13.7. The van der Waals surface area contributed by atoms with Crippen LogP contribution in [0.25, 0.3) is 0 Å². The van der Waals surface area contributed by atoms with Crippen LogP contribution in [0.2, 0.25) is 0 Å². The summed E-state index contributed by atoms with van der Waals surface area (Å²) in [4.78, 5) is 0. The van der Waals surface area contributed by atoms with Crippen LogP contribution in [0.1, 0.15) is 37.3 Å². The summed E-state index contributed by atoms with van der Waals surface area (Å²) in [5.41, 5.74) is 0.924. The number of rotatable bonds is 6. The molecule has 1 aromatic rings.